The average Bonchev–Trinajstić information content (AvgIpc) is 2.86. The van der Waals surface area contributed by atoms with Crippen molar-refractivity contribution in [2.24, 2.45) is 0 Å². The fourth-order valence-electron chi connectivity index (χ4n) is 3.61. The lowest BCUT2D eigenvalue weighted by Crippen LogP contribution is -2.00. The van der Waals surface area contributed by atoms with Crippen LogP contribution in [0.25, 0.3) is 22.0 Å². The number of ether oxygens (including phenoxy) is 5. The molecule has 0 unspecified atom stereocenters. The lowest BCUT2D eigenvalue weighted by molar-refractivity contribution is 0.275. The molecule has 0 amide bonds. The topological polar surface area (TPSA) is 59.0 Å². The SMILES string of the molecule is COc1cc(-c2cnc3c(OC)c(OC)ccc3c2)cc(OCc2ccccc2)c1OC. The van der Waals surface area contributed by atoms with Gasteiger partial charge in [0.25, 0.3) is 0 Å². The second-order valence-corrected chi connectivity index (χ2v) is 7.08. The number of aromatic nitrogens is 1. The Hall–Kier alpha value is -3.93. The van der Waals surface area contributed by atoms with Crippen LogP contribution in [-0.4, -0.2) is 33.4 Å². The molecule has 0 atom stereocenters. The number of benzene rings is 3. The van der Waals surface area contributed by atoms with E-state index in [-0.39, 0.29) is 0 Å². The maximum Gasteiger partial charge on any atom is 0.203 e. The van der Waals surface area contributed by atoms with Crippen molar-refractivity contribution in [3.05, 3.63) is 72.4 Å². The molecule has 0 bridgehead atoms. The number of pyridine rings is 1. The van der Waals surface area contributed by atoms with E-state index in [0.29, 0.717) is 35.4 Å². The fraction of sp³-hybridized carbons (Fsp3) is 0.192. The van der Waals surface area contributed by atoms with Crippen LogP contribution in [0.5, 0.6) is 28.7 Å². The van der Waals surface area contributed by atoms with Crippen LogP contribution in [0, 0.1) is 0 Å². The Morgan fingerprint density at radius 2 is 1.38 bits per heavy atom. The van der Waals surface area contributed by atoms with Crippen LogP contribution in [0.15, 0.2) is 66.9 Å². The quantitative estimate of drug-likeness (QED) is 0.366. The van der Waals surface area contributed by atoms with Gasteiger partial charge >= 0.3 is 0 Å². The van der Waals surface area contributed by atoms with Gasteiger partial charge in [0.2, 0.25) is 5.75 Å². The molecule has 0 N–H and O–H groups in total. The van der Waals surface area contributed by atoms with Gasteiger partial charge in [-0.2, -0.15) is 0 Å². The fourth-order valence-corrected chi connectivity index (χ4v) is 3.61. The molecule has 3 aromatic carbocycles. The van der Waals surface area contributed by atoms with E-state index < -0.39 is 0 Å². The van der Waals surface area contributed by atoms with Crippen molar-refractivity contribution >= 4 is 10.9 Å². The Bertz CT molecular complexity index is 1220. The normalized spacial score (nSPS) is 10.6. The molecule has 0 fully saturated rings. The molecule has 0 saturated heterocycles. The molecule has 0 aliphatic heterocycles. The number of nitrogens with zero attached hydrogens (tertiary/aromatic N) is 1. The third kappa shape index (κ3) is 4.12. The summed E-state index contributed by atoms with van der Waals surface area (Å²) in [6.07, 6.45) is 1.80. The second kappa shape index (κ2) is 9.47. The molecule has 4 rings (SSSR count). The number of methoxy groups -OCH3 is 4. The number of hydrogen-bond acceptors (Lipinski definition) is 6. The summed E-state index contributed by atoms with van der Waals surface area (Å²) >= 11 is 0. The molecule has 1 heterocycles. The van der Waals surface area contributed by atoms with Crippen LogP contribution in [-0.2, 0) is 6.61 Å². The number of rotatable bonds is 8. The zero-order valence-corrected chi connectivity index (χ0v) is 18.5. The third-order valence-corrected chi connectivity index (χ3v) is 5.21. The molecule has 32 heavy (non-hydrogen) atoms. The summed E-state index contributed by atoms with van der Waals surface area (Å²) < 4.78 is 28.2. The monoisotopic (exact) mass is 431 g/mol. The molecule has 6 nitrogen and oxygen atoms in total. The summed E-state index contributed by atoms with van der Waals surface area (Å²) in [5, 5.41) is 0.932. The van der Waals surface area contributed by atoms with Gasteiger partial charge in [-0.3, -0.25) is 4.98 Å². The third-order valence-electron chi connectivity index (χ3n) is 5.21. The van der Waals surface area contributed by atoms with E-state index in [1.165, 1.54) is 0 Å². The lowest BCUT2D eigenvalue weighted by atomic mass is 10.0. The second-order valence-electron chi connectivity index (χ2n) is 7.08. The van der Waals surface area contributed by atoms with Crippen LogP contribution >= 0.6 is 0 Å². The van der Waals surface area contributed by atoms with E-state index in [2.05, 4.69) is 4.98 Å². The standard InChI is InChI=1S/C26H25NO5/c1-28-21-11-10-18-12-20(15-27-24(18)26(21)31-4)19-13-22(29-2)25(30-3)23(14-19)32-16-17-8-6-5-7-9-17/h5-15H,16H2,1-4H3. The smallest absolute Gasteiger partial charge is 0.203 e. The van der Waals surface area contributed by atoms with Crippen molar-refractivity contribution in [1.29, 1.82) is 0 Å². The number of fused-ring (bicyclic) bond motifs is 1. The molecule has 0 aliphatic carbocycles. The molecule has 0 aliphatic rings. The van der Waals surface area contributed by atoms with Crippen LogP contribution in [0.3, 0.4) is 0 Å². The first-order chi connectivity index (χ1) is 15.7. The van der Waals surface area contributed by atoms with Crippen molar-refractivity contribution in [3.8, 4) is 39.9 Å². The van der Waals surface area contributed by atoms with Gasteiger partial charge in [-0.15, -0.1) is 0 Å². The Labute approximate surface area is 187 Å². The van der Waals surface area contributed by atoms with Crippen molar-refractivity contribution in [3.63, 3.8) is 0 Å². The average molecular weight is 431 g/mol. The zero-order valence-electron chi connectivity index (χ0n) is 18.5. The van der Waals surface area contributed by atoms with Crippen LogP contribution < -0.4 is 23.7 Å². The highest BCUT2D eigenvalue weighted by Gasteiger charge is 2.17. The first-order valence-corrected chi connectivity index (χ1v) is 10.1. The van der Waals surface area contributed by atoms with Crippen LogP contribution in [0.4, 0.5) is 0 Å². The summed E-state index contributed by atoms with van der Waals surface area (Å²) in [5.74, 6) is 2.98. The zero-order chi connectivity index (χ0) is 22.5. The van der Waals surface area contributed by atoms with E-state index in [9.17, 15) is 0 Å². The minimum atomic E-state index is 0.413. The molecule has 164 valence electrons. The summed E-state index contributed by atoms with van der Waals surface area (Å²) in [4.78, 5) is 4.64. The van der Waals surface area contributed by atoms with Crippen molar-refractivity contribution < 1.29 is 23.7 Å². The van der Waals surface area contributed by atoms with Gasteiger partial charge in [-0.1, -0.05) is 30.3 Å². The van der Waals surface area contributed by atoms with Gasteiger partial charge in [0.1, 0.15) is 12.1 Å². The predicted octanol–water partition coefficient (Wildman–Crippen LogP) is 5.52. The van der Waals surface area contributed by atoms with Gasteiger partial charge < -0.3 is 23.7 Å². The Morgan fingerprint density at radius 1 is 0.656 bits per heavy atom. The lowest BCUT2D eigenvalue weighted by Gasteiger charge is -2.16. The minimum Gasteiger partial charge on any atom is -0.493 e. The largest absolute Gasteiger partial charge is 0.493 e. The summed E-state index contributed by atoms with van der Waals surface area (Å²) in [6.45, 7) is 0.413. The van der Waals surface area contributed by atoms with E-state index in [1.54, 1.807) is 34.6 Å². The highest BCUT2D eigenvalue weighted by atomic mass is 16.5. The highest BCUT2D eigenvalue weighted by molar-refractivity contribution is 5.90. The van der Waals surface area contributed by atoms with Gasteiger partial charge in [0, 0.05) is 17.1 Å². The molecule has 1 aromatic heterocycles. The minimum absolute atomic E-state index is 0.413. The van der Waals surface area contributed by atoms with Crippen LogP contribution in [0.1, 0.15) is 5.56 Å². The maximum atomic E-state index is 6.11. The van der Waals surface area contributed by atoms with E-state index >= 15 is 0 Å². The van der Waals surface area contributed by atoms with Gasteiger partial charge in [0.05, 0.1) is 28.4 Å². The molecule has 4 aromatic rings. The Morgan fingerprint density at radius 3 is 2.06 bits per heavy atom. The Kier molecular flexibility index (Phi) is 6.31. The first-order valence-electron chi connectivity index (χ1n) is 10.1. The molecular formula is C26H25NO5. The molecular weight excluding hydrogens is 406 g/mol. The van der Waals surface area contributed by atoms with Crippen molar-refractivity contribution in [2.45, 2.75) is 6.61 Å². The highest BCUT2D eigenvalue weighted by Crippen LogP contribution is 2.42. The van der Waals surface area contributed by atoms with Gasteiger partial charge in [-0.25, -0.2) is 0 Å². The first kappa shape index (κ1) is 21.3. The molecule has 0 radical (unpaired) electrons. The maximum absolute atomic E-state index is 6.11. The van der Waals surface area contributed by atoms with E-state index in [0.717, 1.165) is 27.6 Å². The number of hydrogen-bond donors (Lipinski definition) is 0. The van der Waals surface area contributed by atoms with Crippen LogP contribution in [0.2, 0.25) is 0 Å². The summed E-state index contributed by atoms with van der Waals surface area (Å²) in [5.41, 5.74) is 3.61. The van der Waals surface area contributed by atoms with Crippen molar-refractivity contribution in [2.75, 3.05) is 28.4 Å². The summed E-state index contributed by atoms with van der Waals surface area (Å²) in [6, 6.07) is 19.7. The van der Waals surface area contributed by atoms with E-state index in [1.807, 2.05) is 60.7 Å². The van der Waals surface area contributed by atoms with Crippen molar-refractivity contribution in [1.82, 2.24) is 4.98 Å². The molecule has 0 spiro atoms. The van der Waals surface area contributed by atoms with E-state index in [4.69, 9.17) is 23.7 Å². The Balaban J connectivity index is 1.76. The van der Waals surface area contributed by atoms with Gasteiger partial charge in [-0.05, 0) is 41.5 Å². The van der Waals surface area contributed by atoms with Gasteiger partial charge in [0.15, 0.2) is 23.0 Å². The molecule has 6 heteroatoms. The molecule has 0 saturated carbocycles. The predicted molar refractivity (Wildman–Crippen MR) is 124 cm³/mol. The summed E-state index contributed by atoms with van der Waals surface area (Å²) in [7, 11) is 6.43.